The van der Waals surface area contributed by atoms with Gasteiger partial charge in [-0.05, 0) is 87.1 Å². The summed E-state index contributed by atoms with van der Waals surface area (Å²) in [5.41, 5.74) is 2.93. The van der Waals surface area contributed by atoms with Crippen LogP contribution in [-0.2, 0) is 13.0 Å². The number of piperidine rings is 1. The molecule has 4 heteroatoms. The summed E-state index contributed by atoms with van der Waals surface area (Å²) in [6.07, 6.45) is 5.22. The van der Waals surface area contributed by atoms with Crippen molar-refractivity contribution in [2.45, 2.75) is 37.1 Å². The Hall–Kier alpha value is -1.49. The fraction of sp³-hybridized carbons (Fsp3) is 0.520. The Morgan fingerprint density at radius 3 is 2.55 bits per heavy atom. The molecule has 2 aliphatic heterocycles. The van der Waals surface area contributed by atoms with E-state index in [-0.39, 0.29) is 0 Å². The summed E-state index contributed by atoms with van der Waals surface area (Å²) in [5, 5.41) is 0. The Kier molecular flexibility index (Phi) is 7.53. The Balaban J connectivity index is 1.19. The zero-order chi connectivity index (χ0) is 19.9. The first kappa shape index (κ1) is 20.8. The van der Waals surface area contributed by atoms with Gasteiger partial charge in [0.15, 0.2) is 0 Å². The van der Waals surface area contributed by atoms with Crippen LogP contribution in [0.3, 0.4) is 0 Å². The second kappa shape index (κ2) is 10.5. The Labute approximate surface area is 180 Å². The largest absolute Gasteiger partial charge is 0.497 e. The molecule has 29 heavy (non-hydrogen) atoms. The van der Waals surface area contributed by atoms with Crippen molar-refractivity contribution in [3.8, 4) is 5.75 Å². The number of hydrogen-bond acceptors (Lipinski definition) is 4. The lowest BCUT2D eigenvalue weighted by atomic mass is 9.90. The zero-order valence-electron chi connectivity index (χ0n) is 17.7. The van der Waals surface area contributed by atoms with Gasteiger partial charge in [0.25, 0.3) is 0 Å². The maximum Gasteiger partial charge on any atom is 0.119 e. The molecule has 2 heterocycles. The van der Waals surface area contributed by atoms with Crippen LogP contribution in [0.25, 0.3) is 0 Å². The quantitative estimate of drug-likeness (QED) is 0.642. The normalized spacial score (nSPS) is 18.9. The molecule has 2 aromatic carbocycles. The summed E-state index contributed by atoms with van der Waals surface area (Å²) in [5.74, 6) is 3.02. The average molecular weight is 411 g/mol. The lowest BCUT2D eigenvalue weighted by Gasteiger charge is -2.32. The van der Waals surface area contributed by atoms with Gasteiger partial charge in [0.05, 0.1) is 7.11 Å². The summed E-state index contributed by atoms with van der Waals surface area (Å²) in [6.45, 7) is 7.22. The first-order valence-electron chi connectivity index (χ1n) is 11.1. The number of fused-ring (bicyclic) bond motifs is 1. The third-order valence-corrected chi connectivity index (χ3v) is 7.45. The van der Waals surface area contributed by atoms with Gasteiger partial charge in [0.2, 0.25) is 0 Å². The first-order chi connectivity index (χ1) is 14.3. The molecule has 1 saturated heterocycles. The molecule has 0 aliphatic carbocycles. The maximum absolute atomic E-state index is 5.43. The molecule has 0 unspecified atom stereocenters. The number of benzene rings is 2. The summed E-state index contributed by atoms with van der Waals surface area (Å²) in [7, 11) is 1.76. The van der Waals surface area contributed by atoms with Crippen LogP contribution >= 0.6 is 11.8 Å². The maximum atomic E-state index is 5.43. The van der Waals surface area contributed by atoms with E-state index in [2.05, 4.69) is 58.3 Å². The lowest BCUT2D eigenvalue weighted by Crippen LogP contribution is -2.36. The average Bonchev–Trinajstić information content (AvgIpc) is 2.97. The highest BCUT2D eigenvalue weighted by Gasteiger charge is 2.20. The van der Waals surface area contributed by atoms with Crippen molar-refractivity contribution in [3.63, 3.8) is 0 Å². The minimum Gasteiger partial charge on any atom is -0.497 e. The first-order valence-corrected chi connectivity index (χ1v) is 12.1. The van der Waals surface area contributed by atoms with Crippen LogP contribution in [0.4, 0.5) is 0 Å². The fourth-order valence-electron chi connectivity index (χ4n) is 4.62. The smallest absolute Gasteiger partial charge is 0.119 e. The molecular weight excluding hydrogens is 376 g/mol. The van der Waals surface area contributed by atoms with Gasteiger partial charge in [-0.25, -0.2) is 0 Å². The number of likely N-dealkylation sites (tertiary alicyclic amines) is 1. The molecule has 2 aromatic rings. The molecular formula is C25H34N2OS. The van der Waals surface area contributed by atoms with E-state index < -0.39 is 0 Å². The van der Waals surface area contributed by atoms with Crippen LogP contribution in [0.1, 0.15) is 30.4 Å². The predicted octanol–water partition coefficient (Wildman–Crippen LogP) is 4.95. The summed E-state index contributed by atoms with van der Waals surface area (Å²) in [4.78, 5) is 6.74. The highest BCUT2D eigenvalue weighted by atomic mass is 32.2. The molecule has 0 bridgehead atoms. The number of ether oxygens (including phenoxy) is 1. The van der Waals surface area contributed by atoms with Gasteiger partial charge in [-0.1, -0.05) is 30.3 Å². The van der Waals surface area contributed by atoms with Crippen LogP contribution in [-0.4, -0.2) is 55.4 Å². The Morgan fingerprint density at radius 2 is 1.76 bits per heavy atom. The zero-order valence-corrected chi connectivity index (χ0v) is 18.5. The van der Waals surface area contributed by atoms with Gasteiger partial charge in [-0.3, -0.25) is 4.90 Å². The summed E-state index contributed by atoms with van der Waals surface area (Å²) in [6, 6.07) is 17.5. The fourth-order valence-corrected chi connectivity index (χ4v) is 5.66. The molecule has 0 spiro atoms. The number of rotatable bonds is 7. The van der Waals surface area contributed by atoms with Gasteiger partial charge >= 0.3 is 0 Å². The molecule has 156 valence electrons. The molecule has 0 radical (unpaired) electrons. The van der Waals surface area contributed by atoms with Gasteiger partial charge in [0, 0.05) is 23.7 Å². The van der Waals surface area contributed by atoms with Gasteiger partial charge in [-0.2, -0.15) is 0 Å². The Morgan fingerprint density at radius 1 is 0.966 bits per heavy atom. The molecule has 0 saturated carbocycles. The number of methoxy groups -OCH3 is 1. The minimum absolute atomic E-state index is 0.864. The van der Waals surface area contributed by atoms with E-state index in [0.717, 1.165) is 18.2 Å². The molecule has 4 rings (SSSR count). The van der Waals surface area contributed by atoms with E-state index in [0.29, 0.717) is 0 Å². The van der Waals surface area contributed by atoms with Crippen molar-refractivity contribution in [1.29, 1.82) is 0 Å². The molecule has 3 nitrogen and oxygen atoms in total. The van der Waals surface area contributed by atoms with E-state index in [4.69, 9.17) is 4.74 Å². The highest BCUT2D eigenvalue weighted by molar-refractivity contribution is 7.99. The third kappa shape index (κ3) is 6.00. The minimum atomic E-state index is 0.864. The topological polar surface area (TPSA) is 15.7 Å². The second-order valence-electron chi connectivity index (χ2n) is 8.43. The summed E-state index contributed by atoms with van der Waals surface area (Å²) >= 11 is 1.99. The van der Waals surface area contributed by atoms with E-state index >= 15 is 0 Å². The Bertz CT molecular complexity index is 759. The molecule has 0 N–H and O–H groups in total. The second-order valence-corrected chi connectivity index (χ2v) is 9.56. The number of thioether (sulfide) groups is 1. The van der Waals surface area contributed by atoms with Crippen molar-refractivity contribution < 1.29 is 4.74 Å². The van der Waals surface area contributed by atoms with Gasteiger partial charge in [-0.15, -0.1) is 11.8 Å². The van der Waals surface area contributed by atoms with Crippen LogP contribution in [0.5, 0.6) is 5.75 Å². The molecule has 2 aliphatic rings. The van der Waals surface area contributed by atoms with Crippen LogP contribution in [0.15, 0.2) is 53.4 Å². The molecule has 1 fully saturated rings. The van der Waals surface area contributed by atoms with Crippen molar-refractivity contribution in [2.24, 2.45) is 5.92 Å². The third-order valence-electron chi connectivity index (χ3n) is 6.35. The van der Waals surface area contributed by atoms with E-state index in [1.807, 2.05) is 11.8 Å². The van der Waals surface area contributed by atoms with Crippen molar-refractivity contribution in [1.82, 2.24) is 9.80 Å². The number of nitrogens with zero attached hydrogens (tertiary/aromatic N) is 2. The monoisotopic (exact) mass is 410 g/mol. The van der Waals surface area contributed by atoms with Crippen LogP contribution < -0.4 is 4.74 Å². The van der Waals surface area contributed by atoms with Crippen molar-refractivity contribution >= 4 is 11.8 Å². The van der Waals surface area contributed by atoms with Crippen LogP contribution in [0, 0.1) is 5.92 Å². The summed E-state index contributed by atoms with van der Waals surface area (Å²) < 4.78 is 5.43. The SMILES string of the molecule is COc1ccc2c(c1)CN(CCCN1CCC(Cc3ccccc3)CC1)CCS2. The van der Waals surface area contributed by atoms with Crippen molar-refractivity contribution in [2.75, 3.05) is 45.6 Å². The standard InChI is InChI=1S/C25H34N2OS/c1-28-24-8-9-25-23(19-24)20-27(16-17-29-25)13-5-12-26-14-10-22(11-15-26)18-21-6-3-2-4-7-21/h2-4,6-9,19,22H,5,10-18,20H2,1H3. The lowest BCUT2D eigenvalue weighted by molar-refractivity contribution is 0.170. The van der Waals surface area contributed by atoms with E-state index in [9.17, 15) is 0 Å². The highest BCUT2D eigenvalue weighted by Crippen LogP contribution is 2.30. The van der Waals surface area contributed by atoms with E-state index in [1.54, 1.807) is 7.11 Å². The van der Waals surface area contributed by atoms with E-state index in [1.165, 1.54) is 80.2 Å². The molecule has 0 atom stereocenters. The predicted molar refractivity (Wildman–Crippen MR) is 123 cm³/mol. The molecule has 0 aromatic heterocycles. The number of hydrogen-bond donors (Lipinski definition) is 0. The van der Waals surface area contributed by atoms with Crippen LogP contribution in [0.2, 0.25) is 0 Å². The van der Waals surface area contributed by atoms with Gasteiger partial charge in [0.1, 0.15) is 5.75 Å². The van der Waals surface area contributed by atoms with Gasteiger partial charge < -0.3 is 9.64 Å². The molecule has 0 amide bonds. The van der Waals surface area contributed by atoms with Crippen molar-refractivity contribution in [3.05, 3.63) is 59.7 Å².